The molecule has 3 nitrogen and oxygen atoms in total. The molecule has 0 aliphatic heterocycles. The lowest BCUT2D eigenvalue weighted by atomic mass is 10.1. The molecule has 0 aromatic heterocycles. The van der Waals surface area contributed by atoms with Crippen LogP contribution in [0.4, 0.5) is 5.69 Å². The average molecular weight is 289 g/mol. The van der Waals surface area contributed by atoms with Crippen molar-refractivity contribution in [3.05, 3.63) is 64.7 Å². The number of hydrogen-bond acceptors (Lipinski definition) is 2. The van der Waals surface area contributed by atoms with E-state index in [0.717, 1.165) is 21.8 Å². The second-order valence-corrected chi connectivity index (χ2v) is 5.19. The van der Waals surface area contributed by atoms with Gasteiger partial charge in [0.05, 0.1) is 6.42 Å². The molecule has 20 heavy (non-hydrogen) atoms. The van der Waals surface area contributed by atoms with E-state index in [4.69, 9.17) is 17.3 Å². The number of primary amides is 1. The van der Waals surface area contributed by atoms with Crippen molar-refractivity contribution in [2.24, 2.45) is 5.73 Å². The fourth-order valence-electron chi connectivity index (χ4n) is 2.00. The summed E-state index contributed by atoms with van der Waals surface area (Å²) in [5, 5.41) is 4.13. The first-order valence-electron chi connectivity index (χ1n) is 6.44. The van der Waals surface area contributed by atoms with Crippen LogP contribution in [0.3, 0.4) is 0 Å². The normalized spacial score (nSPS) is 11.9. The Kier molecular flexibility index (Phi) is 4.64. The number of amides is 1. The Balaban J connectivity index is 2.02. The summed E-state index contributed by atoms with van der Waals surface area (Å²) >= 11 is 5.88. The zero-order chi connectivity index (χ0) is 14.5. The summed E-state index contributed by atoms with van der Waals surface area (Å²) in [6.07, 6.45) is 0.271. The molecule has 1 unspecified atom stereocenters. The fourth-order valence-corrected chi connectivity index (χ4v) is 2.13. The summed E-state index contributed by atoms with van der Waals surface area (Å²) in [6, 6.07) is 15.6. The van der Waals surface area contributed by atoms with Crippen molar-refractivity contribution in [1.82, 2.24) is 0 Å². The molecule has 2 aromatic rings. The maximum Gasteiger partial charge on any atom is 0.221 e. The third kappa shape index (κ3) is 4.00. The van der Waals surface area contributed by atoms with E-state index >= 15 is 0 Å². The van der Waals surface area contributed by atoms with Crippen molar-refractivity contribution in [2.75, 3.05) is 5.32 Å². The third-order valence-corrected chi connectivity index (χ3v) is 3.34. The van der Waals surface area contributed by atoms with Crippen LogP contribution in [0.25, 0.3) is 0 Å². The zero-order valence-electron chi connectivity index (χ0n) is 11.3. The Morgan fingerprint density at radius 1 is 1.15 bits per heavy atom. The van der Waals surface area contributed by atoms with Gasteiger partial charge in [0.25, 0.3) is 0 Å². The molecular formula is C16H17ClN2O. The Morgan fingerprint density at radius 3 is 2.30 bits per heavy atom. The molecule has 0 fully saturated rings. The van der Waals surface area contributed by atoms with Gasteiger partial charge in [-0.05, 0) is 42.3 Å². The summed E-state index contributed by atoms with van der Waals surface area (Å²) in [6.45, 7) is 2.08. The number of anilines is 1. The van der Waals surface area contributed by atoms with Gasteiger partial charge >= 0.3 is 0 Å². The quantitative estimate of drug-likeness (QED) is 0.884. The predicted molar refractivity (Wildman–Crippen MR) is 82.8 cm³/mol. The summed E-state index contributed by atoms with van der Waals surface area (Å²) in [4.78, 5) is 10.8. The molecule has 0 saturated heterocycles. The number of nitrogens with one attached hydrogen (secondary N) is 1. The monoisotopic (exact) mass is 288 g/mol. The van der Waals surface area contributed by atoms with Crippen molar-refractivity contribution in [2.45, 2.75) is 19.4 Å². The lowest BCUT2D eigenvalue weighted by Gasteiger charge is -2.16. The van der Waals surface area contributed by atoms with E-state index in [2.05, 4.69) is 12.2 Å². The minimum atomic E-state index is -0.319. The molecule has 2 aromatic carbocycles. The van der Waals surface area contributed by atoms with Crippen molar-refractivity contribution in [1.29, 1.82) is 0 Å². The van der Waals surface area contributed by atoms with Crippen LogP contribution in [-0.2, 0) is 11.2 Å². The van der Waals surface area contributed by atoms with Gasteiger partial charge < -0.3 is 11.1 Å². The highest BCUT2D eigenvalue weighted by Crippen LogP contribution is 2.21. The fraction of sp³-hybridized carbons (Fsp3) is 0.188. The van der Waals surface area contributed by atoms with Crippen LogP contribution in [-0.4, -0.2) is 5.91 Å². The van der Waals surface area contributed by atoms with Crippen molar-refractivity contribution < 1.29 is 4.79 Å². The van der Waals surface area contributed by atoms with Crippen molar-refractivity contribution in [3.63, 3.8) is 0 Å². The summed E-state index contributed by atoms with van der Waals surface area (Å²) in [5.41, 5.74) is 8.25. The molecule has 0 aliphatic carbocycles. The van der Waals surface area contributed by atoms with E-state index in [0.29, 0.717) is 0 Å². The van der Waals surface area contributed by atoms with Gasteiger partial charge in [-0.15, -0.1) is 0 Å². The first-order valence-corrected chi connectivity index (χ1v) is 6.81. The van der Waals surface area contributed by atoms with Gasteiger partial charge in [-0.1, -0.05) is 35.9 Å². The predicted octanol–water partition coefficient (Wildman–Crippen LogP) is 3.54. The molecule has 104 valence electrons. The largest absolute Gasteiger partial charge is 0.379 e. The molecule has 0 radical (unpaired) electrons. The van der Waals surface area contributed by atoms with Crippen LogP contribution >= 0.6 is 11.6 Å². The average Bonchev–Trinajstić information content (AvgIpc) is 2.41. The maximum atomic E-state index is 10.8. The van der Waals surface area contributed by atoms with Crippen molar-refractivity contribution in [3.8, 4) is 0 Å². The first-order chi connectivity index (χ1) is 9.54. The number of carbonyl (C=O) groups is 1. The topological polar surface area (TPSA) is 55.1 Å². The second-order valence-electron chi connectivity index (χ2n) is 4.76. The van der Waals surface area contributed by atoms with Gasteiger partial charge in [0.2, 0.25) is 5.91 Å². The maximum absolute atomic E-state index is 10.8. The highest BCUT2D eigenvalue weighted by Gasteiger charge is 2.05. The van der Waals surface area contributed by atoms with E-state index in [1.807, 2.05) is 48.5 Å². The minimum absolute atomic E-state index is 0.175. The number of rotatable bonds is 5. The Bertz CT molecular complexity index is 578. The minimum Gasteiger partial charge on any atom is -0.379 e. The number of benzene rings is 2. The molecule has 2 rings (SSSR count). The molecule has 3 N–H and O–H groups in total. The van der Waals surface area contributed by atoms with Crippen LogP contribution in [0.5, 0.6) is 0 Å². The van der Waals surface area contributed by atoms with Gasteiger partial charge in [-0.25, -0.2) is 0 Å². The van der Waals surface area contributed by atoms with Gasteiger partial charge in [0.15, 0.2) is 0 Å². The van der Waals surface area contributed by atoms with Crippen LogP contribution in [0.15, 0.2) is 48.5 Å². The molecule has 0 spiro atoms. The third-order valence-electron chi connectivity index (χ3n) is 3.09. The van der Waals surface area contributed by atoms with Gasteiger partial charge in [-0.3, -0.25) is 4.79 Å². The van der Waals surface area contributed by atoms with E-state index in [1.165, 1.54) is 0 Å². The summed E-state index contributed by atoms with van der Waals surface area (Å²) < 4.78 is 0. The molecule has 0 aliphatic rings. The lowest BCUT2D eigenvalue weighted by Crippen LogP contribution is -2.13. The SMILES string of the molecule is CC(Nc1ccc(CC(N)=O)cc1)c1ccc(Cl)cc1. The lowest BCUT2D eigenvalue weighted by molar-refractivity contribution is -0.117. The Hall–Kier alpha value is -2.00. The van der Waals surface area contributed by atoms with Gasteiger partial charge in [0.1, 0.15) is 0 Å². The number of carbonyl (C=O) groups excluding carboxylic acids is 1. The molecule has 1 amide bonds. The van der Waals surface area contributed by atoms with Gasteiger partial charge in [0, 0.05) is 16.8 Å². The Morgan fingerprint density at radius 2 is 1.75 bits per heavy atom. The molecular weight excluding hydrogens is 272 g/mol. The highest BCUT2D eigenvalue weighted by molar-refractivity contribution is 6.30. The Labute approximate surface area is 123 Å². The molecule has 4 heteroatoms. The molecule has 0 saturated carbocycles. The number of hydrogen-bond donors (Lipinski definition) is 2. The van der Waals surface area contributed by atoms with E-state index < -0.39 is 0 Å². The van der Waals surface area contributed by atoms with Crippen LogP contribution in [0.2, 0.25) is 5.02 Å². The number of nitrogens with two attached hydrogens (primary N) is 1. The first kappa shape index (κ1) is 14.4. The van der Waals surface area contributed by atoms with Crippen LogP contribution in [0.1, 0.15) is 24.1 Å². The smallest absolute Gasteiger partial charge is 0.221 e. The van der Waals surface area contributed by atoms with E-state index in [1.54, 1.807) is 0 Å². The van der Waals surface area contributed by atoms with Crippen molar-refractivity contribution >= 4 is 23.2 Å². The van der Waals surface area contributed by atoms with Crippen LogP contribution in [0, 0.1) is 0 Å². The zero-order valence-corrected chi connectivity index (χ0v) is 12.0. The molecule has 1 atom stereocenters. The summed E-state index contributed by atoms with van der Waals surface area (Å²) in [7, 11) is 0. The second kappa shape index (κ2) is 6.44. The van der Waals surface area contributed by atoms with E-state index in [9.17, 15) is 4.79 Å². The number of halogens is 1. The van der Waals surface area contributed by atoms with Crippen LogP contribution < -0.4 is 11.1 Å². The highest BCUT2D eigenvalue weighted by atomic mass is 35.5. The summed E-state index contributed by atoms with van der Waals surface area (Å²) in [5.74, 6) is -0.319. The molecule has 0 bridgehead atoms. The van der Waals surface area contributed by atoms with E-state index in [-0.39, 0.29) is 18.4 Å². The van der Waals surface area contributed by atoms with Gasteiger partial charge in [-0.2, -0.15) is 0 Å². The molecule has 0 heterocycles. The standard InChI is InChI=1S/C16H17ClN2O/c1-11(13-4-6-14(17)7-5-13)19-15-8-2-12(3-9-15)10-16(18)20/h2-9,11,19H,10H2,1H3,(H2,18,20).